The molecule has 0 aromatic heterocycles. The van der Waals surface area contributed by atoms with Crippen molar-refractivity contribution in [3.05, 3.63) is 59.2 Å². The second-order valence-corrected chi connectivity index (χ2v) is 10.5. The molecule has 0 bridgehead atoms. The summed E-state index contributed by atoms with van der Waals surface area (Å²) in [6.07, 6.45) is -0.142. The van der Waals surface area contributed by atoms with Gasteiger partial charge in [0.15, 0.2) is 9.84 Å². The van der Waals surface area contributed by atoms with E-state index in [1.807, 2.05) is 63.2 Å². The van der Waals surface area contributed by atoms with Crippen molar-refractivity contribution in [2.45, 2.75) is 45.9 Å². The highest BCUT2D eigenvalue weighted by Crippen LogP contribution is 2.22. The van der Waals surface area contributed by atoms with Crippen LogP contribution in [0.1, 0.15) is 30.0 Å². The third-order valence-corrected chi connectivity index (χ3v) is 7.46. The van der Waals surface area contributed by atoms with Gasteiger partial charge in [0, 0.05) is 19.1 Å². The van der Waals surface area contributed by atoms with Crippen molar-refractivity contribution < 1.29 is 23.0 Å². The molecule has 3 rings (SSSR count). The first kappa shape index (κ1) is 23.6. The van der Waals surface area contributed by atoms with E-state index >= 15 is 0 Å². The van der Waals surface area contributed by atoms with Crippen molar-refractivity contribution in [2.24, 2.45) is 0 Å². The van der Waals surface area contributed by atoms with Gasteiger partial charge in [-0.3, -0.25) is 4.90 Å². The monoisotopic (exact) mass is 447 g/mol. The Hall–Kier alpha value is -2.09. The molecule has 2 atom stereocenters. The second-order valence-electron chi connectivity index (χ2n) is 8.27. The zero-order valence-electron chi connectivity index (χ0n) is 18.6. The summed E-state index contributed by atoms with van der Waals surface area (Å²) < 4.78 is 35.4. The van der Waals surface area contributed by atoms with Gasteiger partial charge in [-0.15, -0.1) is 0 Å². The number of aliphatic hydroxyl groups is 1. The van der Waals surface area contributed by atoms with E-state index in [9.17, 15) is 13.5 Å². The van der Waals surface area contributed by atoms with Crippen LogP contribution >= 0.6 is 0 Å². The summed E-state index contributed by atoms with van der Waals surface area (Å²) in [6.45, 7) is 7.68. The molecular weight excluding hydrogens is 414 g/mol. The average Bonchev–Trinajstić information content (AvgIpc) is 3.10. The molecule has 1 N–H and O–H groups in total. The summed E-state index contributed by atoms with van der Waals surface area (Å²) in [5.74, 6) is 1.87. The van der Waals surface area contributed by atoms with Gasteiger partial charge in [0.05, 0.1) is 18.1 Å². The van der Waals surface area contributed by atoms with Crippen LogP contribution in [0, 0.1) is 13.8 Å². The second kappa shape index (κ2) is 10.5. The Labute approximate surface area is 185 Å². The molecule has 0 spiro atoms. The van der Waals surface area contributed by atoms with Gasteiger partial charge in [-0.05, 0) is 68.1 Å². The maximum atomic E-state index is 12.0. The van der Waals surface area contributed by atoms with Crippen molar-refractivity contribution in [1.82, 2.24) is 4.90 Å². The Balaban J connectivity index is 1.64. The third kappa shape index (κ3) is 6.95. The largest absolute Gasteiger partial charge is 0.494 e. The van der Waals surface area contributed by atoms with Gasteiger partial charge in [-0.1, -0.05) is 18.2 Å². The minimum absolute atomic E-state index is 0.104. The van der Waals surface area contributed by atoms with Crippen molar-refractivity contribution >= 4 is 9.84 Å². The number of rotatable bonds is 10. The Kier molecular flexibility index (Phi) is 7.97. The number of hydrogen-bond acceptors (Lipinski definition) is 6. The maximum absolute atomic E-state index is 12.0. The van der Waals surface area contributed by atoms with Crippen LogP contribution in [0.4, 0.5) is 0 Å². The highest BCUT2D eigenvalue weighted by atomic mass is 32.2. The minimum atomic E-state index is -3.02. The van der Waals surface area contributed by atoms with Gasteiger partial charge in [0.25, 0.3) is 0 Å². The summed E-state index contributed by atoms with van der Waals surface area (Å²) in [5, 5.41) is 10.7. The maximum Gasteiger partial charge on any atom is 0.151 e. The molecule has 1 saturated heterocycles. The fourth-order valence-electron chi connectivity index (χ4n) is 3.82. The number of sulfone groups is 1. The molecule has 31 heavy (non-hydrogen) atoms. The lowest BCUT2D eigenvalue weighted by Crippen LogP contribution is -2.42. The summed E-state index contributed by atoms with van der Waals surface area (Å²) in [4.78, 5) is 2.06. The van der Waals surface area contributed by atoms with E-state index in [4.69, 9.17) is 9.47 Å². The highest BCUT2D eigenvalue weighted by Gasteiger charge is 2.33. The lowest BCUT2D eigenvalue weighted by Gasteiger charge is -2.30. The molecule has 0 amide bonds. The normalized spacial score (nSPS) is 18.8. The molecule has 1 heterocycles. The highest BCUT2D eigenvalue weighted by molar-refractivity contribution is 7.91. The zero-order valence-corrected chi connectivity index (χ0v) is 19.4. The van der Waals surface area contributed by atoms with Crippen LogP contribution < -0.4 is 9.47 Å². The van der Waals surface area contributed by atoms with Crippen LogP contribution in [-0.2, 0) is 16.4 Å². The molecule has 6 nitrogen and oxygen atoms in total. The van der Waals surface area contributed by atoms with E-state index in [-0.39, 0.29) is 24.2 Å². The molecule has 0 aliphatic carbocycles. The van der Waals surface area contributed by atoms with Crippen LogP contribution in [0.5, 0.6) is 11.5 Å². The zero-order chi connectivity index (χ0) is 22.4. The molecule has 1 aliphatic rings. The SMILES string of the molecule is CCOc1ccc(CN(CC(O)COc2ccc(C)c(C)c2)C2CCS(=O)(=O)C2)cc1. The number of ether oxygens (including phenoxy) is 2. The van der Waals surface area contributed by atoms with Crippen LogP contribution in [0.25, 0.3) is 0 Å². The van der Waals surface area contributed by atoms with Crippen LogP contribution in [0.2, 0.25) is 0 Å². The van der Waals surface area contributed by atoms with Crippen molar-refractivity contribution in [3.8, 4) is 11.5 Å². The fraction of sp³-hybridized carbons (Fsp3) is 0.500. The molecule has 7 heteroatoms. The summed E-state index contributed by atoms with van der Waals surface area (Å²) >= 11 is 0. The van der Waals surface area contributed by atoms with Crippen molar-refractivity contribution in [3.63, 3.8) is 0 Å². The molecule has 2 aromatic carbocycles. The molecule has 170 valence electrons. The van der Waals surface area contributed by atoms with E-state index in [0.29, 0.717) is 26.1 Å². The third-order valence-electron chi connectivity index (χ3n) is 5.71. The Morgan fingerprint density at radius 1 is 1.06 bits per heavy atom. The first-order valence-corrected chi connectivity index (χ1v) is 12.6. The first-order chi connectivity index (χ1) is 14.8. The lowest BCUT2D eigenvalue weighted by atomic mass is 10.1. The van der Waals surface area contributed by atoms with Crippen molar-refractivity contribution in [2.75, 3.05) is 31.3 Å². The molecule has 1 aliphatic heterocycles. The predicted molar refractivity (Wildman–Crippen MR) is 122 cm³/mol. The summed E-state index contributed by atoms with van der Waals surface area (Å²) in [7, 11) is -3.02. The Morgan fingerprint density at radius 2 is 1.77 bits per heavy atom. The average molecular weight is 448 g/mol. The predicted octanol–water partition coefficient (Wildman–Crippen LogP) is 3.13. The molecule has 2 aromatic rings. The van der Waals surface area contributed by atoms with E-state index in [1.54, 1.807) is 0 Å². The topological polar surface area (TPSA) is 76.1 Å². The first-order valence-electron chi connectivity index (χ1n) is 10.8. The molecule has 2 unspecified atom stereocenters. The Bertz CT molecular complexity index is 958. The standard InChI is InChI=1S/C24H33NO5S/c1-4-29-23-9-6-20(7-10-23)14-25(21-11-12-31(27,28)17-21)15-22(26)16-30-24-8-5-18(2)19(3)13-24/h5-10,13,21-22,26H,4,11-12,14-17H2,1-3H3. The van der Waals surface area contributed by atoms with Gasteiger partial charge >= 0.3 is 0 Å². The Morgan fingerprint density at radius 3 is 2.39 bits per heavy atom. The number of aliphatic hydroxyl groups excluding tert-OH is 1. The van der Waals surface area contributed by atoms with Gasteiger partial charge in [0.2, 0.25) is 0 Å². The number of hydrogen-bond donors (Lipinski definition) is 1. The van der Waals surface area contributed by atoms with E-state index < -0.39 is 15.9 Å². The van der Waals surface area contributed by atoms with Gasteiger partial charge in [0.1, 0.15) is 24.2 Å². The quantitative estimate of drug-likeness (QED) is 0.603. The molecule has 0 radical (unpaired) electrons. The molecular formula is C24H33NO5S. The summed E-state index contributed by atoms with van der Waals surface area (Å²) in [5.41, 5.74) is 3.38. The summed E-state index contributed by atoms with van der Waals surface area (Å²) in [6, 6.07) is 13.6. The molecule has 1 fully saturated rings. The van der Waals surface area contributed by atoms with Crippen LogP contribution in [-0.4, -0.2) is 61.8 Å². The van der Waals surface area contributed by atoms with E-state index in [1.165, 1.54) is 5.56 Å². The lowest BCUT2D eigenvalue weighted by molar-refractivity contribution is 0.0524. The number of nitrogens with zero attached hydrogens (tertiary/aromatic N) is 1. The van der Waals surface area contributed by atoms with Crippen molar-refractivity contribution in [1.29, 1.82) is 0 Å². The minimum Gasteiger partial charge on any atom is -0.494 e. The van der Waals surface area contributed by atoms with Gasteiger partial charge in [-0.2, -0.15) is 0 Å². The molecule has 0 saturated carbocycles. The van der Waals surface area contributed by atoms with Gasteiger partial charge in [-0.25, -0.2) is 8.42 Å². The van der Waals surface area contributed by atoms with Crippen LogP contribution in [0.3, 0.4) is 0 Å². The number of aryl methyl sites for hydroxylation is 2. The fourth-order valence-corrected chi connectivity index (χ4v) is 5.58. The van der Waals surface area contributed by atoms with Gasteiger partial charge < -0.3 is 14.6 Å². The van der Waals surface area contributed by atoms with Crippen LogP contribution in [0.15, 0.2) is 42.5 Å². The van der Waals surface area contributed by atoms with E-state index in [2.05, 4.69) is 4.90 Å². The smallest absolute Gasteiger partial charge is 0.151 e. The number of benzene rings is 2. The van der Waals surface area contributed by atoms with E-state index in [0.717, 1.165) is 22.6 Å².